The van der Waals surface area contributed by atoms with Crippen LogP contribution in [0.1, 0.15) is 63.4 Å². The van der Waals surface area contributed by atoms with Gasteiger partial charge in [-0.3, -0.25) is 4.79 Å². The molecule has 1 aliphatic rings. The Labute approximate surface area is 123 Å². The number of nitrogens with zero attached hydrogens (tertiary/aromatic N) is 1. The molecule has 1 atom stereocenters. The number of benzene rings is 1. The van der Waals surface area contributed by atoms with E-state index in [1.54, 1.807) is 0 Å². The Hall–Kier alpha value is -1.31. The maximum atomic E-state index is 12.8. The summed E-state index contributed by atoms with van der Waals surface area (Å²) in [6.07, 6.45) is 8.42. The molecular formula is C18H27NO. The first-order valence-electron chi connectivity index (χ1n) is 8.05. The van der Waals surface area contributed by atoms with Crippen molar-refractivity contribution in [1.82, 2.24) is 4.90 Å². The van der Waals surface area contributed by atoms with E-state index < -0.39 is 0 Å². The molecule has 1 saturated carbocycles. The first kappa shape index (κ1) is 15.1. The summed E-state index contributed by atoms with van der Waals surface area (Å²) in [4.78, 5) is 14.8. The zero-order valence-corrected chi connectivity index (χ0v) is 12.8. The number of likely N-dealkylation sites (N-methyl/N-ethyl adjacent to an activating group) is 1. The van der Waals surface area contributed by atoms with E-state index in [0.29, 0.717) is 11.9 Å². The highest BCUT2D eigenvalue weighted by molar-refractivity contribution is 5.83. The van der Waals surface area contributed by atoms with E-state index in [4.69, 9.17) is 0 Å². The standard InChI is InChI=1S/C18H27NO/c1-3-17(15-11-7-6-8-12-15)18(20)19(2)16-13-9-4-5-10-14-16/h6-8,11-12,16-17H,3-5,9-10,13-14H2,1-2H3. The van der Waals surface area contributed by atoms with Crippen molar-refractivity contribution in [3.8, 4) is 0 Å². The molecular weight excluding hydrogens is 246 g/mol. The van der Waals surface area contributed by atoms with Crippen molar-refractivity contribution in [2.45, 2.75) is 63.8 Å². The second kappa shape index (κ2) is 7.47. The summed E-state index contributed by atoms with van der Waals surface area (Å²) in [5, 5.41) is 0. The summed E-state index contributed by atoms with van der Waals surface area (Å²) in [6, 6.07) is 10.7. The minimum absolute atomic E-state index is 0.0180. The molecule has 2 rings (SSSR count). The second-order valence-corrected chi connectivity index (χ2v) is 5.97. The molecule has 20 heavy (non-hydrogen) atoms. The molecule has 1 aliphatic carbocycles. The molecule has 0 spiro atoms. The van der Waals surface area contributed by atoms with Crippen LogP contribution >= 0.6 is 0 Å². The summed E-state index contributed by atoms with van der Waals surface area (Å²) in [7, 11) is 2.00. The van der Waals surface area contributed by atoms with E-state index in [1.165, 1.54) is 38.5 Å². The van der Waals surface area contributed by atoms with Crippen molar-refractivity contribution in [1.29, 1.82) is 0 Å². The zero-order valence-electron chi connectivity index (χ0n) is 12.8. The molecule has 0 aliphatic heterocycles. The van der Waals surface area contributed by atoms with Gasteiger partial charge in [-0.1, -0.05) is 62.9 Å². The monoisotopic (exact) mass is 273 g/mol. The van der Waals surface area contributed by atoms with Crippen LogP contribution in [-0.4, -0.2) is 23.9 Å². The molecule has 0 heterocycles. The Morgan fingerprint density at radius 1 is 1.15 bits per heavy atom. The maximum absolute atomic E-state index is 12.8. The summed E-state index contributed by atoms with van der Waals surface area (Å²) < 4.78 is 0. The van der Waals surface area contributed by atoms with Gasteiger partial charge in [0.25, 0.3) is 0 Å². The van der Waals surface area contributed by atoms with E-state index in [1.807, 2.05) is 30.1 Å². The summed E-state index contributed by atoms with van der Waals surface area (Å²) in [5.41, 5.74) is 1.15. The smallest absolute Gasteiger partial charge is 0.230 e. The predicted molar refractivity (Wildman–Crippen MR) is 83.7 cm³/mol. The van der Waals surface area contributed by atoms with Crippen LogP contribution in [0.15, 0.2) is 30.3 Å². The molecule has 2 nitrogen and oxygen atoms in total. The van der Waals surface area contributed by atoms with Crippen molar-refractivity contribution in [2.75, 3.05) is 7.05 Å². The number of hydrogen-bond donors (Lipinski definition) is 0. The third-order valence-corrected chi connectivity index (χ3v) is 4.63. The van der Waals surface area contributed by atoms with Gasteiger partial charge in [0.1, 0.15) is 0 Å². The van der Waals surface area contributed by atoms with Gasteiger partial charge in [-0.05, 0) is 24.8 Å². The molecule has 1 aromatic carbocycles. The van der Waals surface area contributed by atoms with E-state index in [2.05, 4.69) is 19.1 Å². The van der Waals surface area contributed by atoms with Crippen molar-refractivity contribution in [2.24, 2.45) is 0 Å². The summed E-state index contributed by atoms with van der Waals surface area (Å²) in [6.45, 7) is 2.11. The van der Waals surface area contributed by atoms with Crippen LogP contribution in [0, 0.1) is 0 Å². The van der Waals surface area contributed by atoms with E-state index in [0.717, 1.165) is 12.0 Å². The lowest BCUT2D eigenvalue weighted by Crippen LogP contribution is -2.39. The average molecular weight is 273 g/mol. The van der Waals surface area contributed by atoms with Crippen LogP contribution < -0.4 is 0 Å². The van der Waals surface area contributed by atoms with Crippen LogP contribution in [-0.2, 0) is 4.79 Å². The van der Waals surface area contributed by atoms with Gasteiger partial charge in [-0.25, -0.2) is 0 Å². The van der Waals surface area contributed by atoms with Gasteiger partial charge >= 0.3 is 0 Å². The highest BCUT2D eigenvalue weighted by Gasteiger charge is 2.27. The van der Waals surface area contributed by atoms with Gasteiger partial charge in [0.15, 0.2) is 0 Å². The predicted octanol–water partition coefficient (Wildman–Crippen LogP) is 4.36. The normalized spacial score (nSPS) is 18.3. The number of hydrogen-bond acceptors (Lipinski definition) is 1. The van der Waals surface area contributed by atoms with Gasteiger partial charge in [-0.15, -0.1) is 0 Å². The van der Waals surface area contributed by atoms with E-state index in [9.17, 15) is 4.79 Å². The van der Waals surface area contributed by atoms with Gasteiger partial charge in [0.05, 0.1) is 5.92 Å². The highest BCUT2D eigenvalue weighted by atomic mass is 16.2. The number of carbonyl (C=O) groups is 1. The molecule has 1 amide bonds. The van der Waals surface area contributed by atoms with Crippen LogP contribution in [0.3, 0.4) is 0 Å². The van der Waals surface area contributed by atoms with Crippen LogP contribution in [0.5, 0.6) is 0 Å². The first-order chi connectivity index (χ1) is 9.74. The minimum Gasteiger partial charge on any atom is -0.342 e. The number of carbonyl (C=O) groups excluding carboxylic acids is 1. The SMILES string of the molecule is CCC(C(=O)N(C)C1CCCCCC1)c1ccccc1. The molecule has 0 radical (unpaired) electrons. The topological polar surface area (TPSA) is 20.3 Å². The molecule has 1 unspecified atom stereocenters. The van der Waals surface area contributed by atoms with E-state index in [-0.39, 0.29) is 5.92 Å². The molecule has 110 valence electrons. The molecule has 1 fully saturated rings. The lowest BCUT2D eigenvalue weighted by molar-refractivity contribution is -0.134. The molecule has 0 N–H and O–H groups in total. The Morgan fingerprint density at radius 3 is 2.30 bits per heavy atom. The molecule has 1 aromatic rings. The fraction of sp³-hybridized carbons (Fsp3) is 0.611. The second-order valence-electron chi connectivity index (χ2n) is 5.97. The minimum atomic E-state index is 0.0180. The van der Waals surface area contributed by atoms with E-state index >= 15 is 0 Å². The summed E-state index contributed by atoms with van der Waals surface area (Å²) in [5.74, 6) is 0.315. The Morgan fingerprint density at radius 2 is 1.75 bits per heavy atom. The fourth-order valence-corrected chi connectivity index (χ4v) is 3.31. The number of amides is 1. The largest absolute Gasteiger partial charge is 0.342 e. The van der Waals surface area contributed by atoms with Gasteiger partial charge in [-0.2, -0.15) is 0 Å². The molecule has 2 heteroatoms. The maximum Gasteiger partial charge on any atom is 0.230 e. The lowest BCUT2D eigenvalue weighted by Gasteiger charge is -2.30. The average Bonchev–Trinajstić information content (AvgIpc) is 2.77. The van der Waals surface area contributed by atoms with Gasteiger partial charge < -0.3 is 4.90 Å². The molecule has 0 bridgehead atoms. The third-order valence-electron chi connectivity index (χ3n) is 4.63. The Bertz CT molecular complexity index is 407. The molecule has 0 aromatic heterocycles. The Kier molecular flexibility index (Phi) is 5.63. The first-order valence-corrected chi connectivity index (χ1v) is 8.05. The third kappa shape index (κ3) is 3.62. The fourth-order valence-electron chi connectivity index (χ4n) is 3.31. The van der Waals surface area contributed by atoms with Crippen molar-refractivity contribution in [3.63, 3.8) is 0 Å². The van der Waals surface area contributed by atoms with Crippen LogP contribution in [0.4, 0.5) is 0 Å². The number of rotatable bonds is 4. The van der Waals surface area contributed by atoms with Gasteiger partial charge in [0, 0.05) is 13.1 Å². The van der Waals surface area contributed by atoms with Crippen LogP contribution in [0.2, 0.25) is 0 Å². The quantitative estimate of drug-likeness (QED) is 0.746. The summed E-state index contributed by atoms with van der Waals surface area (Å²) >= 11 is 0. The van der Waals surface area contributed by atoms with Crippen molar-refractivity contribution < 1.29 is 4.79 Å². The van der Waals surface area contributed by atoms with Crippen LogP contribution in [0.25, 0.3) is 0 Å². The Balaban J connectivity index is 2.07. The highest BCUT2D eigenvalue weighted by Crippen LogP contribution is 2.26. The zero-order chi connectivity index (χ0) is 14.4. The van der Waals surface area contributed by atoms with Crippen molar-refractivity contribution >= 4 is 5.91 Å². The van der Waals surface area contributed by atoms with Gasteiger partial charge in [0.2, 0.25) is 5.91 Å². The van der Waals surface area contributed by atoms with Crippen molar-refractivity contribution in [3.05, 3.63) is 35.9 Å². The molecule has 0 saturated heterocycles. The lowest BCUT2D eigenvalue weighted by atomic mass is 9.94.